The summed E-state index contributed by atoms with van der Waals surface area (Å²) in [5.74, 6) is 2.35. The molecule has 0 aromatic heterocycles. The second kappa shape index (κ2) is 10.6. The third kappa shape index (κ3) is 5.62. The second-order valence-corrected chi connectivity index (χ2v) is 12.7. The lowest BCUT2D eigenvalue weighted by Crippen LogP contribution is -2.58. The standard InChI is InChI=1S/C33H49N/c1-7-8-9-12-25-15-17-26(18-16-25)27-19-21-28(22-20-27)30-13-10-11-14-31(30)29-23-32(2,3)34(6)33(4,5)24-29/h10-11,13-14,19-22,25-26,29H,7-9,12,15-18,23-24H2,1-6H3. The lowest BCUT2D eigenvalue weighted by atomic mass is 9.70. The van der Waals surface area contributed by atoms with Crippen LogP contribution in [0.25, 0.3) is 11.1 Å². The first-order chi connectivity index (χ1) is 16.2. The molecule has 1 saturated carbocycles. The molecule has 0 spiro atoms. The summed E-state index contributed by atoms with van der Waals surface area (Å²) in [5.41, 5.74) is 6.35. The monoisotopic (exact) mass is 459 g/mol. The van der Waals surface area contributed by atoms with Gasteiger partial charge in [-0.3, -0.25) is 4.90 Å². The predicted molar refractivity (Wildman–Crippen MR) is 149 cm³/mol. The highest BCUT2D eigenvalue weighted by Crippen LogP contribution is 2.47. The quantitative estimate of drug-likeness (QED) is 0.372. The Morgan fingerprint density at radius 2 is 1.38 bits per heavy atom. The van der Waals surface area contributed by atoms with Crippen molar-refractivity contribution in [3.05, 3.63) is 59.7 Å². The Balaban J connectivity index is 1.47. The zero-order chi connectivity index (χ0) is 24.3. The average molecular weight is 460 g/mol. The lowest BCUT2D eigenvalue weighted by molar-refractivity contribution is -0.0127. The maximum absolute atomic E-state index is 2.59. The van der Waals surface area contributed by atoms with E-state index in [1.54, 1.807) is 5.56 Å². The summed E-state index contributed by atoms with van der Waals surface area (Å²) in [4.78, 5) is 2.59. The minimum Gasteiger partial charge on any atom is -0.296 e. The van der Waals surface area contributed by atoms with Gasteiger partial charge in [0.1, 0.15) is 0 Å². The van der Waals surface area contributed by atoms with E-state index in [4.69, 9.17) is 0 Å². The molecular formula is C33H49N. The second-order valence-electron chi connectivity index (χ2n) is 12.7. The highest BCUT2D eigenvalue weighted by molar-refractivity contribution is 5.68. The van der Waals surface area contributed by atoms with E-state index in [1.807, 2.05) is 0 Å². The van der Waals surface area contributed by atoms with E-state index in [2.05, 4.69) is 95.1 Å². The molecule has 0 N–H and O–H groups in total. The van der Waals surface area contributed by atoms with Crippen molar-refractivity contribution in [1.29, 1.82) is 0 Å². The smallest absolute Gasteiger partial charge is 0.0161 e. The molecule has 1 nitrogen and oxygen atoms in total. The molecule has 1 saturated heterocycles. The first-order valence-electron chi connectivity index (χ1n) is 14.1. The van der Waals surface area contributed by atoms with Gasteiger partial charge in [-0.1, -0.05) is 81.1 Å². The number of unbranched alkanes of at least 4 members (excludes halogenated alkanes) is 2. The van der Waals surface area contributed by atoms with Gasteiger partial charge < -0.3 is 0 Å². The van der Waals surface area contributed by atoms with Crippen molar-refractivity contribution in [2.24, 2.45) is 5.92 Å². The summed E-state index contributed by atoms with van der Waals surface area (Å²) in [5, 5.41) is 0. The van der Waals surface area contributed by atoms with Gasteiger partial charge in [0, 0.05) is 11.1 Å². The molecule has 1 heteroatoms. The molecule has 0 atom stereocenters. The first-order valence-corrected chi connectivity index (χ1v) is 14.1. The lowest BCUT2D eigenvalue weighted by Gasteiger charge is -2.54. The number of likely N-dealkylation sites (tertiary alicyclic amines) is 1. The van der Waals surface area contributed by atoms with E-state index in [0.717, 1.165) is 11.8 Å². The van der Waals surface area contributed by atoms with Crippen LogP contribution in [0, 0.1) is 5.92 Å². The van der Waals surface area contributed by atoms with Gasteiger partial charge in [-0.05, 0) is 113 Å². The number of hydrogen-bond donors (Lipinski definition) is 0. The van der Waals surface area contributed by atoms with Crippen LogP contribution in [0.1, 0.15) is 122 Å². The van der Waals surface area contributed by atoms with Gasteiger partial charge in [0.25, 0.3) is 0 Å². The molecule has 34 heavy (non-hydrogen) atoms. The Labute approximate surface area is 210 Å². The number of piperidine rings is 1. The Kier molecular flexibility index (Phi) is 7.92. The van der Waals surface area contributed by atoms with E-state index in [-0.39, 0.29) is 11.1 Å². The van der Waals surface area contributed by atoms with Gasteiger partial charge in [-0.2, -0.15) is 0 Å². The zero-order valence-corrected chi connectivity index (χ0v) is 22.9. The molecule has 1 heterocycles. The van der Waals surface area contributed by atoms with Crippen molar-refractivity contribution in [3.8, 4) is 11.1 Å². The highest BCUT2D eigenvalue weighted by atomic mass is 15.2. The van der Waals surface area contributed by atoms with Crippen LogP contribution >= 0.6 is 0 Å². The van der Waals surface area contributed by atoms with Gasteiger partial charge in [0.05, 0.1) is 0 Å². The van der Waals surface area contributed by atoms with Crippen LogP contribution in [0.3, 0.4) is 0 Å². The zero-order valence-electron chi connectivity index (χ0n) is 22.9. The van der Waals surface area contributed by atoms with Crippen LogP contribution in [-0.4, -0.2) is 23.0 Å². The van der Waals surface area contributed by atoms with Gasteiger partial charge in [0.15, 0.2) is 0 Å². The Bertz CT molecular complexity index is 896. The van der Waals surface area contributed by atoms with Crippen molar-refractivity contribution in [2.75, 3.05) is 7.05 Å². The van der Waals surface area contributed by atoms with Crippen LogP contribution in [-0.2, 0) is 0 Å². The van der Waals surface area contributed by atoms with E-state index in [9.17, 15) is 0 Å². The summed E-state index contributed by atoms with van der Waals surface area (Å²) >= 11 is 0. The van der Waals surface area contributed by atoms with Crippen molar-refractivity contribution in [2.45, 2.75) is 122 Å². The minimum atomic E-state index is 0.207. The van der Waals surface area contributed by atoms with Gasteiger partial charge in [0.2, 0.25) is 0 Å². The van der Waals surface area contributed by atoms with E-state index >= 15 is 0 Å². The van der Waals surface area contributed by atoms with Crippen LogP contribution in [0.2, 0.25) is 0 Å². The molecule has 2 aliphatic rings. The third-order valence-electron chi connectivity index (χ3n) is 9.46. The summed E-state index contributed by atoms with van der Waals surface area (Å²) < 4.78 is 0. The van der Waals surface area contributed by atoms with Gasteiger partial charge >= 0.3 is 0 Å². The average Bonchev–Trinajstić information content (AvgIpc) is 2.83. The minimum absolute atomic E-state index is 0.207. The van der Waals surface area contributed by atoms with Crippen molar-refractivity contribution >= 4 is 0 Å². The molecule has 4 rings (SSSR count). The third-order valence-corrected chi connectivity index (χ3v) is 9.46. The van der Waals surface area contributed by atoms with Crippen LogP contribution in [0.15, 0.2) is 48.5 Å². The fraction of sp³-hybridized carbons (Fsp3) is 0.636. The highest BCUT2D eigenvalue weighted by Gasteiger charge is 2.43. The first kappa shape index (κ1) is 25.5. The van der Waals surface area contributed by atoms with Gasteiger partial charge in [-0.15, -0.1) is 0 Å². The molecule has 0 amide bonds. The van der Waals surface area contributed by atoms with E-state index in [0.29, 0.717) is 5.92 Å². The van der Waals surface area contributed by atoms with Crippen LogP contribution in [0.5, 0.6) is 0 Å². The van der Waals surface area contributed by atoms with Crippen molar-refractivity contribution in [1.82, 2.24) is 4.90 Å². The van der Waals surface area contributed by atoms with Crippen LogP contribution < -0.4 is 0 Å². The molecule has 1 aliphatic heterocycles. The molecule has 2 aromatic carbocycles. The number of hydrogen-bond acceptors (Lipinski definition) is 1. The summed E-state index contributed by atoms with van der Waals surface area (Å²) in [6.07, 6.45) is 13.7. The molecule has 0 bridgehead atoms. The maximum Gasteiger partial charge on any atom is 0.0161 e. The Morgan fingerprint density at radius 3 is 2.00 bits per heavy atom. The molecule has 2 fully saturated rings. The Morgan fingerprint density at radius 1 is 0.765 bits per heavy atom. The summed E-state index contributed by atoms with van der Waals surface area (Å²) in [6, 6.07) is 18.9. The molecular weight excluding hydrogens is 410 g/mol. The normalized spacial score (nSPS) is 25.4. The molecule has 2 aromatic rings. The molecule has 1 aliphatic carbocycles. The summed E-state index contributed by atoms with van der Waals surface area (Å²) in [6.45, 7) is 12.0. The topological polar surface area (TPSA) is 3.24 Å². The van der Waals surface area contributed by atoms with E-state index < -0.39 is 0 Å². The Hall–Kier alpha value is -1.60. The molecule has 186 valence electrons. The van der Waals surface area contributed by atoms with Gasteiger partial charge in [-0.25, -0.2) is 0 Å². The largest absolute Gasteiger partial charge is 0.296 e. The number of rotatable bonds is 7. The fourth-order valence-corrected chi connectivity index (χ4v) is 7.11. The maximum atomic E-state index is 2.59. The van der Waals surface area contributed by atoms with E-state index in [1.165, 1.54) is 80.9 Å². The summed E-state index contributed by atoms with van der Waals surface area (Å²) in [7, 11) is 2.31. The van der Waals surface area contributed by atoms with Crippen molar-refractivity contribution < 1.29 is 0 Å². The molecule has 0 radical (unpaired) electrons. The molecule has 0 unspecified atom stereocenters. The fourth-order valence-electron chi connectivity index (χ4n) is 7.11. The van der Waals surface area contributed by atoms with Crippen molar-refractivity contribution in [3.63, 3.8) is 0 Å². The van der Waals surface area contributed by atoms with Crippen LogP contribution in [0.4, 0.5) is 0 Å². The predicted octanol–water partition coefficient (Wildman–Crippen LogP) is 9.57. The SMILES string of the molecule is CCCCCC1CCC(c2ccc(-c3ccccc3C3CC(C)(C)N(C)C(C)(C)C3)cc2)CC1. The number of nitrogens with zero attached hydrogens (tertiary/aromatic N) is 1. The number of benzene rings is 2.